The molecule has 146 valence electrons. The largest absolute Gasteiger partial charge is 0.768 e. The number of hydrogen-bond acceptors (Lipinski definition) is 5. The van der Waals surface area contributed by atoms with Gasteiger partial charge in [0.1, 0.15) is 5.75 Å². The molecule has 1 N–H and O–H groups in total. The molecule has 1 amide bonds. The van der Waals surface area contributed by atoms with Gasteiger partial charge in [-0.05, 0) is 54.8 Å². The van der Waals surface area contributed by atoms with E-state index in [4.69, 9.17) is 4.74 Å². The molecule has 0 fully saturated rings. The smallest absolute Gasteiger partial charge is 0.228 e. The van der Waals surface area contributed by atoms with E-state index in [0.717, 1.165) is 11.1 Å². The number of benzene rings is 2. The van der Waals surface area contributed by atoms with Crippen molar-refractivity contribution in [3.63, 3.8) is 0 Å². The molecule has 0 saturated carbocycles. The van der Waals surface area contributed by atoms with Crippen molar-refractivity contribution in [2.45, 2.75) is 25.2 Å². The van der Waals surface area contributed by atoms with E-state index in [1.54, 1.807) is 24.5 Å². The highest BCUT2D eigenvalue weighted by Gasteiger charge is 2.12. The number of hydrogen-bond donors (Lipinski definition) is 1. The van der Waals surface area contributed by atoms with Crippen LogP contribution in [0.25, 0.3) is 5.69 Å². The van der Waals surface area contributed by atoms with Gasteiger partial charge in [0.2, 0.25) is 5.91 Å². The summed E-state index contributed by atoms with van der Waals surface area (Å²) in [5, 5.41) is 6.89. The van der Waals surface area contributed by atoms with E-state index >= 15 is 0 Å². The number of aromatic nitrogens is 2. The van der Waals surface area contributed by atoms with Gasteiger partial charge in [-0.3, -0.25) is 9.00 Å². The Labute approximate surface area is 165 Å². The number of carbonyl (C=O) groups excluding carboxylic acids is 1. The molecule has 28 heavy (non-hydrogen) atoms. The van der Waals surface area contributed by atoms with Gasteiger partial charge < -0.3 is 14.6 Å². The minimum Gasteiger partial charge on any atom is -0.768 e. The first kappa shape index (κ1) is 19.8. The van der Waals surface area contributed by atoms with Crippen molar-refractivity contribution in [2.24, 2.45) is 0 Å². The Hall–Kier alpha value is -2.97. The van der Waals surface area contributed by atoms with Crippen LogP contribution < -0.4 is 10.1 Å². The Bertz CT molecular complexity index is 1020. The molecule has 8 heteroatoms. The monoisotopic (exact) mass is 398 g/mol. The average Bonchev–Trinajstić information content (AvgIpc) is 3.09. The number of carbonyl (C=O) groups is 1. The predicted molar refractivity (Wildman–Crippen MR) is 105 cm³/mol. The number of rotatable bonds is 7. The van der Waals surface area contributed by atoms with Gasteiger partial charge >= 0.3 is 0 Å². The van der Waals surface area contributed by atoms with Crippen LogP contribution in [-0.2, 0) is 22.3 Å². The van der Waals surface area contributed by atoms with E-state index < -0.39 is 11.1 Å². The minimum atomic E-state index is -2.48. The number of amides is 1. The third kappa shape index (κ3) is 4.65. The third-order valence-electron chi connectivity index (χ3n) is 4.01. The van der Waals surface area contributed by atoms with Gasteiger partial charge in [-0.15, -0.1) is 0 Å². The quantitative estimate of drug-likeness (QED) is 0.617. The maximum absolute atomic E-state index is 12.4. The second-order valence-electron chi connectivity index (χ2n) is 6.15. The van der Waals surface area contributed by atoms with E-state index in [1.807, 2.05) is 38.1 Å². The first-order valence-electron chi connectivity index (χ1n) is 8.73. The van der Waals surface area contributed by atoms with Crippen LogP contribution in [0.4, 0.5) is 5.69 Å². The van der Waals surface area contributed by atoms with Gasteiger partial charge in [-0.25, -0.2) is 4.68 Å². The zero-order valence-electron chi connectivity index (χ0n) is 15.5. The van der Waals surface area contributed by atoms with Gasteiger partial charge in [0.05, 0.1) is 29.8 Å². The molecule has 3 rings (SSSR count). The Morgan fingerprint density at radius 2 is 2.07 bits per heavy atom. The summed E-state index contributed by atoms with van der Waals surface area (Å²) in [7, 11) is 0. The lowest BCUT2D eigenvalue weighted by Crippen LogP contribution is -2.15. The summed E-state index contributed by atoms with van der Waals surface area (Å²) in [6.45, 7) is 4.25. The van der Waals surface area contributed by atoms with Crippen LogP contribution in [0, 0.1) is 6.92 Å². The van der Waals surface area contributed by atoms with Crippen LogP contribution in [0.5, 0.6) is 5.75 Å². The second-order valence-corrected chi connectivity index (χ2v) is 7.05. The van der Waals surface area contributed by atoms with E-state index in [2.05, 4.69) is 10.4 Å². The van der Waals surface area contributed by atoms with Crippen LogP contribution in [0.15, 0.2) is 59.8 Å². The first-order valence-corrected chi connectivity index (χ1v) is 9.81. The third-order valence-corrected chi connectivity index (χ3v) is 4.69. The zero-order valence-corrected chi connectivity index (χ0v) is 16.4. The summed E-state index contributed by atoms with van der Waals surface area (Å²) in [6, 6.07) is 12.0. The Kier molecular flexibility index (Phi) is 6.23. The SMILES string of the molecule is CCOc1ccccc1CC(=O)Nc1ccc(-n2cc(C)cn2)c(S(=O)[O-])c1. The molecule has 3 aromatic rings. The van der Waals surface area contributed by atoms with Crippen LogP contribution in [0.1, 0.15) is 18.1 Å². The standard InChI is InChI=1S/C20H21N3O4S/c1-3-27-18-7-5-4-6-15(18)10-20(24)22-16-8-9-17(19(11-16)28(25)26)23-13-14(2)12-21-23/h4-9,11-13H,3,10H2,1-2H3,(H,22,24)(H,25,26)/p-1. The normalized spacial score (nSPS) is 11.8. The molecule has 0 aliphatic rings. The fourth-order valence-electron chi connectivity index (χ4n) is 2.78. The maximum atomic E-state index is 12.4. The molecular weight excluding hydrogens is 378 g/mol. The van der Waals surface area contributed by atoms with E-state index in [-0.39, 0.29) is 17.2 Å². The molecule has 0 aliphatic carbocycles. The molecule has 1 unspecified atom stereocenters. The molecule has 2 aromatic carbocycles. The van der Waals surface area contributed by atoms with Crippen molar-refractivity contribution in [1.29, 1.82) is 0 Å². The summed E-state index contributed by atoms with van der Waals surface area (Å²) in [5.41, 5.74) is 2.48. The topological polar surface area (TPSA) is 96.3 Å². The van der Waals surface area contributed by atoms with Gasteiger partial charge in [-0.1, -0.05) is 18.2 Å². The lowest BCUT2D eigenvalue weighted by atomic mass is 10.1. The summed E-state index contributed by atoms with van der Waals surface area (Å²) < 4.78 is 30.4. The van der Waals surface area contributed by atoms with Crippen molar-refractivity contribution < 1.29 is 18.3 Å². The molecule has 1 aromatic heterocycles. The molecule has 1 atom stereocenters. The van der Waals surface area contributed by atoms with Crippen molar-refractivity contribution in [1.82, 2.24) is 9.78 Å². The van der Waals surface area contributed by atoms with Crippen molar-refractivity contribution >= 4 is 22.7 Å². The molecule has 1 heterocycles. The Balaban J connectivity index is 1.80. The number of aryl methyl sites for hydroxylation is 1. The lowest BCUT2D eigenvalue weighted by Gasteiger charge is -2.15. The van der Waals surface area contributed by atoms with Gasteiger partial charge in [0, 0.05) is 17.4 Å². The number of para-hydroxylation sites is 1. The van der Waals surface area contributed by atoms with Gasteiger partial charge in [0.25, 0.3) is 0 Å². The minimum absolute atomic E-state index is 0.0515. The van der Waals surface area contributed by atoms with E-state index in [1.165, 1.54) is 10.7 Å². The van der Waals surface area contributed by atoms with E-state index in [0.29, 0.717) is 23.7 Å². The van der Waals surface area contributed by atoms with Gasteiger partial charge in [0.15, 0.2) is 0 Å². The molecule has 0 spiro atoms. The van der Waals surface area contributed by atoms with Crippen LogP contribution in [-0.4, -0.2) is 31.1 Å². The predicted octanol–water partition coefficient (Wildman–Crippen LogP) is 3.00. The molecule has 0 bridgehead atoms. The molecule has 0 saturated heterocycles. The van der Waals surface area contributed by atoms with Crippen molar-refractivity contribution in [3.8, 4) is 11.4 Å². The highest BCUT2D eigenvalue weighted by Crippen LogP contribution is 2.23. The zero-order chi connectivity index (χ0) is 20.1. The fraction of sp³-hybridized carbons (Fsp3) is 0.200. The van der Waals surface area contributed by atoms with Crippen LogP contribution in [0.3, 0.4) is 0 Å². The number of nitrogens with zero attached hydrogens (tertiary/aromatic N) is 2. The Morgan fingerprint density at radius 1 is 1.29 bits per heavy atom. The molecular formula is C20H20N3O4S-. The lowest BCUT2D eigenvalue weighted by molar-refractivity contribution is -0.115. The van der Waals surface area contributed by atoms with Gasteiger partial charge in [-0.2, -0.15) is 5.10 Å². The molecule has 0 radical (unpaired) electrons. The second kappa shape index (κ2) is 8.81. The summed E-state index contributed by atoms with van der Waals surface area (Å²) in [5.74, 6) is 0.392. The number of nitrogens with one attached hydrogen (secondary N) is 1. The molecule has 0 aliphatic heterocycles. The molecule has 7 nitrogen and oxygen atoms in total. The average molecular weight is 398 g/mol. The van der Waals surface area contributed by atoms with Crippen LogP contribution in [0.2, 0.25) is 0 Å². The van der Waals surface area contributed by atoms with Crippen molar-refractivity contribution in [2.75, 3.05) is 11.9 Å². The summed E-state index contributed by atoms with van der Waals surface area (Å²) >= 11 is -2.48. The van der Waals surface area contributed by atoms with Crippen LogP contribution >= 0.6 is 0 Å². The fourth-order valence-corrected chi connectivity index (χ4v) is 3.34. The van der Waals surface area contributed by atoms with E-state index in [9.17, 15) is 13.6 Å². The first-order chi connectivity index (χ1) is 13.5. The highest BCUT2D eigenvalue weighted by molar-refractivity contribution is 7.79. The number of ether oxygens (including phenoxy) is 1. The number of anilines is 1. The summed E-state index contributed by atoms with van der Waals surface area (Å²) in [6.07, 6.45) is 3.49. The summed E-state index contributed by atoms with van der Waals surface area (Å²) in [4.78, 5) is 12.5. The maximum Gasteiger partial charge on any atom is 0.228 e. The Morgan fingerprint density at radius 3 is 2.75 bits per heavy atom. The highest BCUT2D eigenvalue weighted by atomic mass is 32.2. The van der Waals surface area contributed by atoms with Crippen molar-refractivity contribution in [3.05, 3.63) is 66.0 Å².